The van der Waals surface area contributed by atoms with Crippen LogP contribution in [0.2, 0.25) is 0 Å². The molecule has 0 aliphatic heterocycles. The Balaban J connectivity index is 2.72. The second-order valence-electron chi connectivity index (χ2n) is 4.70. The van der Waals surface area contributed by atoms with Crippen LogP contribution in [0.5, 0.6) is 0 Å². The molecule has 20 heavy (non-hydrogen) atoms. The van der Waals surface area contributed by atoms with Gasteiger partial charge in [0.25, 0.3) is 0 Å². The van der Waals surface area contributed by atoms with Crippen molar-refractivity contribution in [2.24, 2.45) is 0 Å². The van der Waals surface area contributed by atoms with Crippen LogP contribution in [-0.2, 0) is 9.59 Å². The molecule has 2 amide bonds. The van der Waals surface area contributed by atoms with Crippen LogP contribution < -0.4 is 10.2 Å². The molecule has 0 atom stereocenters. The highest BCUT2D eigenvalue weighted by Crippen LogP contribution is 2.23. The number of amides is 2. The molecule has 0 saturated carbocycles. The van der Waals surface area contributed by atoms with E-state index in [0.717, 1.165) is 22.1 Å². The van der Waals surface area contributed by atoms with Gasteiger partial charge in [-0.15, -0.1) is 0 Å². The van der Waals surface area contributed by atoms with E-state index >= 15 is 0 Å². The lowest BCUT2D eigenvalue weighted by molar-refractivity contribution is -0.121. The normalized spacial score (nSPS) is 10.2. The van der Waals surface area contributed by atoms with E-state index in [2.05, 4.69) is 21.2 Å². The van der Waals surface area contributed by atoms with Gasteiger partial charge in [-0.3, -0.25) is 9.59 Å². The number of nitrogens with one attached hydrogen (secondary N) is 1. The number of nitrogens with zero attached hydrogens (tertiary/aromatic N) is 1. The summed E-state index contributed by atoms with van der Waals surface area (Å²) < 4.78 is 1.01. The van der Waals surface area contributed by atoms with Crippen LogP contribution in [0, 0.1) is 6.92 Å². The van der Waals surface area contributed by atoms with Crippen molar-refractivity contribution in [3.05, 3.63) is 28.2 Å². The third kappa shape index (κ3) is 4.96. The van der Waals surface area contributed by atoms with Gasteiger partial charge in [0, 0.05) is 36.6 Å². The average Bonchev–Trinajstić information content (AvgIpc) is 2.40. The minimum absolute atomic E-state index is 0.0214. The second kappa shape index (κ2) is 8.04. The number of rotatable bonds is 6. The van der Waals surface area contributed by atoms with Crippen LogP contribution in [0.25, 0.3) is 0 Å². The summed E-state index contributed by atoms with van der Waals surface area (Å²) in [6, 6.07) is 5.73. The molecule has 1 aromatic rings. The molecule has 0 saturated heterocycles. The van der Waals surface area contributed by atoms with Crippen LogP contribution in [0.1, 0.15) is 32.3 Å². The number of hydrogen-bond donors (Lipinski definition) is 1. The molecule has 1 N–H and O–H groups in total. The maximum atomic E-state index is 11.7. The lowest BCUT2D eigenvalue weighted by atomic mass is 10.2. The number of hydrogen-bond acceptors (Lipinski definition) is 2. The molecule has 1 aromatic carbocycles. The van der Waals surface area contributed by atoms with Crippen molar-refractivity contribution < 1.29 is 9.59 Å². The smallest absolute Gasteiger partial charge is 0.223 e. The first kappa shape index (κ1) is 16.7. The Morgan fingerprint density at radius 3 is 2.60 bits per heavy atom. The van der Waals surface area contributed by atoms with Crippen LogP contribution in [0.3, 0.4) is 0 Å². The van der Waals surface area contributed by atoms with Gasteiger partial charge in [-0.05, 0) is 37.1 Å². The third-order valence-electron chi connectivity index (χ3n) is 2.97. The molecule has 0 fully saturated rings. The number of carbonyl (C=O) groups is 2. The van der Waals surface area contributed by atoms with E-state index in [0.29, 0.717) is 19.5 Å². The van der Waals surface area contributed by atoms with Gasteiger partial charge in [0.15, 0.2) is 0 Å². The molecule has 0 aliphatic rings. The van der Waals surface area contributed by atoms with E-state index in [4.69, 9.17) is 0 Å². The van der Waals surface area contributed by atoms with Crippen molar-refractivity contribution in [3.8, 4) is 0 Å². The number of halogens is 1. The standard InChI is InChI=1S/C15H21BrN2O2/c1-4-8-17-15(20)7-9-18(12(3)19)13-5-6-14(16)11(2)10-13/h5-6,10H,4,7-9H2,1-3H3,(H,17,20). The Morgan fingerprint density at radius 1 is 1.35 bits per heavy atom. The molecule has 0 spiro atoms. The predicted octanol–water partition coefficient (Wildman–Crippen LogP) is 3.03. The first-order chi connectivity index (χ1) is 9.45. The van der Waals surface area contributed by atoms with Gasteiger partial charge in [0.2, 0.25) is 11.8 Å². The van der Waals surface area contributed by atoms with Crippen molar-refractivity contribution in [1.29, 1.82) is 0 Å². The quantitative estimate of drug-likeness (QED) is 0.865. The summed E-state index contributed by atoms with van der Waals surface area (Å²) in [7, 11) is 0. The van der Waals surface area contributed by atoms with E-state index in [-0.39, 0.29) is 11.8 Å². The van der Waals surface area contributed by atoms with Crippen LogP contribution in [-0.4, -0.2) is 24.9 Å². The molecular formula is C15H21BrN2O2. The van der Waals surface area contributed by atoms with E-state index in [1.807, 2.05) is 32.0 Å². The Bertz CT molecular complexity index is 489. The SMILES string of the molecule is CCCNC(=O)CCN(C(C)=O)c1ccc(Br)c(C)c1. The van der Waals surface area contributed by atoms with Crippen molar-refractivity contribution >= 4 is 33.4 Å². The summed E-state index contributed by atoms with van der Waals surface area (Å²) in [5, 5.41) is 2.81. The monoisotopic (exact) mass is 340 g/mol. The molecule has 0 aromatic heterocycles. The van der Waals surface area contributed by atoms with Crippen molar-refractivity contribution in [2.75, 3.05) is 18.0 Å². The lowest BCUT2D eigenvalue weighted by Crippen LogP contribution is -2.34. The van der Waals surface area contributed by atoms with E-state index in [1.54, 1.807) is 4.90 Å². The summed E-state index contributed by atoms with van der Waals surface area (Å²) in [6.07, 6.45) is 1.22. The molecule has 4 nitrogen and oxygen atoms in total. The van der Waals surface area contributed by atoms with Crippen LogP contribution in [0.15, 0.2) is 22.7 Å². The van der Waals surface area contributed by atoms with Gasteiger partial charge in [-0.2, -0.15) is 0 Å². The zero-order valence-corrected chi connectivity index (χ0v) is 13.8. The molecule has 0 heterocycles. The molecule has 1 rings (SSSR count). The Labute approximate surface area is 128 Å². The average molecular weight is 341 g/mol. The first-order valence-corrected chi connectivity index (χ1v) is 7.56. The highest BCUT2D eigenvalue weighted by molar-refractivity contribution is 9.10. The van der Waals surface area contributed by atoms with Gasteiger partial charge in [-0.25, -0.2) is 0 Å². The molecule has 0 unspecified atom stereocenters. The summed E-state index contributed by atoms with van der Waals surface area (Å²) in [6.45, 7) is 6.57. The van der Waals surface area contributed by atoms with E-state index in [1.165, 1.54) is 6.92 Å². The van der Waals surface area contributed by atoms with Crippen molar-refractivity contribution in [1.82, 2.24) is 5.32 Å². The zero-order chi connectivity index (χ0) is 15.1. The van der Waals surface area contributed by atoms with Gasteiger partial charge < -0.3 is 10.2 Å². The first-order valence-electron chi connectivity index (χ1n) is 6.76. The number of aryl methyl sites for hydroxylation is 1. The largest absolute Gasteiger partial charge is 0.356 e. The van der Waals surface area contributed by atoms with Crippen LogP contribution >= 0.6 is 15.9 Å². The summed E-state index contributed by atoms with van der Waals surface area (Å²) >= 11 is 3.44. The van der Waals surface area contributed by atoms with Crippen LogP contribution in [0.4, 0.5) is 5.69 Å². The summed E-state index contributed by atoms with van der Waals surface area (Å²) in [4.78, 5) is 25.0. The maximum Gasteiger partial charge on any atom is 0.223 e. The maximum absolute atomic E-state index is 11.7. The second-order valence-corrected chi connectivity index (χ2v) is 5.56. The van der Waals surface area contributed by atoms with E-state index in [9.17, 15) is 9.59 Å². The highest BCUT2D eigenvalue weighted by Gasteiger charge is 2.13. The van der Waals surface area contributed by atoms with Gasteiger partial charge in [0.1, 0.15) is 0 Å². The molecule has 0 bridgehead atoms. The van der Waals surface area contributed by atoms with Gasteiger partial charge in [0.05, 0.1) is 0 Å². The fraction of sp³-hybridized carbons (Fsp3) is 0.467. The number of carbonyl (C=O) groups excluding carboxylic acids is 2. The third-order valence-corrected chi connectivity index (χ3v) is 3.86. The summed E-state index contributed by atoms with van der Waals surface area (Å²) in [5.74, 6) is -0.0815. The molecule has 0 radical (unpaired) electrons. The Kier molecular flexibility index (Phi) is 6.71. The number of anilines is 1. The van der Waals surface area contributed by atoms with Gasteiger partial charge >= 0.3 is 0 Å². The minimum Gasteiger partial charge on any atom is -0.356 e. The number of benzene rings is 1. The fourth-order valence-corrected chi connectivity index (χ4v) is 2.08. The van der Waals surface area contributed by atoms with Gasteiger partial charge in [-0.1, -0.05) is 22.9 Å². The van der Waals surface area contributed by atoms with E-state index < -0.39 is 0 Å². The Morgan fingerprint density at radius 2 is 2.05 bits per heavy atom. The molecule has 110 valence electrons. The predicted molar refractivity (Wildman–Crippen MR) is 84.8 cm³/mol. The summed E-state index contributed by atoms with van der Waals surface area (Å²) in [5.41, 5.74) is 1.88. The zero-order valence-electron chi connectivity index (χ0n) is 12.2. The molecule has 5 heteroatoms. The lowest BCUT2D eigenvalue weighted by Gasteiger charge is -2.21. The van der Waals surface area contributed by atoms with Crippen molar-refractivity contribution in [3.63, 3.8) is 0 Å². The minimum atomic E-state index is -0.0602. The Hall–Kier alpha value is -1.36. The fourth-order valence-electron chi connectivity index (χ4n) is 1.83. The highest BCUT2D eigenvalue weighted by atomic mass is 79.9. The molecular weight excluding hydrogens is 320 g/mol. The topological polar surface area (TPSA) is 49.4 Å². The van der Waals surface area contributed by atoms with Crippen molar-refractivity contribution in [2.45, 2.75) is 33.6 Å². The molecule has 0 aliphatic carbocycles.